The van der Waals surface area contributed by atoms with Gasteiger partial charge in [0.05, 0.1) is 23.9 Å². The molecule has 2 saturated heterocycles. The zero-order valence-corrected chi connectivity index (χ0v) is 17.8. The summed E-state index contributed by atoms with van der Waals surface area (Å²) in [6.07, 6.45) is -0.294. The van der Waals surface area contributed by atoms with Crippen LogP contribution in [0.25, 0.3) is 0 Å². The van der Waals surface area contributed by atoms with Crippen LogP contribution in [0.1, 0.15) is 12.0 Å². The van der Waals surface area contributed by atoms with E-state index in [0.29, 0.717) is 11.3 Å². The third kappa shape index (κ3) is 2.75. The Hall–Kier alpha value is -4.32. The molecule has 1 spiro atoms. The molecule has 0 aromatic heterocycles. The largest absolute Gasteiger partial charge is 0.495 e. The fraction of sp³-hybridized carbons (Fsp3) is 0.273. The van der Waals surface area contributed by atoms with Gasteiger partial charge >= 0.3 is 0 Å². The number of non-ortho nitro benzene ring substituents is 1. The normalized spacial score (nSPS) is 27.0. The summed E-state index contributed by atoms with van der Waals surface area (Å²) >= 11 is 0. The highest BCUT2D eigenvalue weighted by Crippen LogP contribution is 2.54. The minimum absolute atomic E-state index is 0.0667. The minimum atomic E-state index is -1.61. The second-order valence-corrected chi connectivity index (χ2v) is 8.36. The smallest absolute Gasteiger partial charge is 0.271 e. The lowest BCUT2D eigenvalue weighted by Gasteiger charge is -2.29. The number of benzene rings is 2. The van der Waals surface area contributed by atoms with Gasteiger partial charge in [-0.25, -0.2) is 4.90 Å². The third-order valence-electron chi connectivity index (χ3n) is 6.66. The van der Waals surface area contributed by atoms with Crippen LogP contribution in [0.5, 0.6) is 5.75 Å². The molecule has 0 radical (unpaired) electrons. The molecule has 2 aromatic carbocycles. The highest BCUT2D eigenvalue weighted by molar-refractivity contribution is 6.26. The van der Waals surface area contributed by atoms with Crippen molar-refractivity contribution in [3.8, 4) is 5.75 Å². The molecule has 0 bridgehead atoms. The number of rotatable bonds is 5. The molecule has 5 rings (SSSR count). The number of ether oxygens (including phenoxy) is 1. The van der Waals surface area contributed by atoms with Gasteiger partial charge in [0.25, 0.3) is 5.69 Å². The van der Waals surface area contributed by atoms with Gasteiger partial charge in [-0.05, 0) is 12.1 Å². The first-order valence-electron chi connectivity index (χ1n) is 10.4. The number of imide groups is 1. The van der Waals surface area contributed by atoms with Crippen molar-refractivity contribution in [3.63, 3.8) is 0 Å². The SMILES string of the molecule is COc1ccc([N+](=O)[O-])cc1N1C(=O)[C@@H]2[C@H](CC(N)=O)N[C@@]3(C(=O)Nc4ccccc43)[C@@H]2C1=O. The van der Waals surface area contributed by atoms with Crippen LogP contribution in [-0.2, 0) is 24.7 Å². The molecule has 12 nitrogen and oxygen atoms in total. The van der Waals surface area contributed by atoms with Gasteiger partial charge in [0.2, 0.25) is 23.6 Å². The maximum absolute atomic E-state index is 13.8. The van der Waals surface area contributed by atoms with Crippen molar-refractivity contribution in [3.05, 3.63) is 58.1 Å². The molecule has 3 aliphatic heterocycles. The van der Waals surface area contributed by atoms with E-state index >= 15 is 0 Å². The van der Waals surface area contributed by atoms with Gasteiger partial charge in [-0.3, -0.25) is 34.6 Å². The zero-order valence-electron chi connectivity index (χ0n) is 17.8. The van der Waals surface area contributed by atoms with Gasteiger partial charge in [0.1, 0.15) is 17.0 Å². The predicted octanol–water partition coefficient (Wildman–Crippen LogP) is 0.404. The van der Waals surface area contributed by atoms with Gasteiger partial charge in [0.15, 0.2) is 0 Å². The highest BCUT2D eigenvalue weighted by atomic mass is 16.6. The number of nitrogens with zero attached hydrogens (tertiary/aromatic N) is 2. The monoisotopic (exact) mass is 465 g/mol. The fourth-order valence-electron chi connectivity index (χ4n) is 5.35. The molecule has 4 atom stereocenters. The summed E-state index contributed by atoms with van der Waals surface area (Å²) in [4.78, 5) is 64.1. The van der Waals surface area contributed by atoms with Crippen LogP contribution in [0, 0.1) is 22.0 Å². The summed E-state index contributed by atoms with van der Waals surface area (Å²) in [5.74, 6) is -4.95. The predicted molar refractivity (Wildman–Crippen MR) is 117 cm³/mol. The Labute approximate surface area is 192 Å². The van der Waals surface area contributed by atoms with Gasteiger partial charge in [-0.1, -0.05) is 18.2 Å². The maximum Gasteiger partial charge on any atom is 0.271 e. The molecule has 2 fully saturated rings. The number of nitro groups is 1. The maximum atomic E-state index is 13.8. The second kappa shape index (κ2) is 7.35. The third-order valence-corrected chi connectivity index (χ3v) is 6.66. The number of para-hydroxylation sites is 1. The summed E-state index contributed by atoms with van der Waals surface area (Å²) in [6.45, 7) is 0. The molecule has 0 saturated carbocycles. The highest BCUT2D eigenvalue weighted by Gasteiger charge is 2.70. The molecular formula is C22H19N5O7. The molecule has 4 N–H and O–H groups in total. The molecule has 0 aliphatic carbocycles. The van der Waals surface area contributed by atoms with Crippen molar-refractivity contribution < 1.29 is 28.8 Å². The average molecular weight is 465 g/mol. The van der Waals surface area contributed by atoms with Crippen molar-refractivity contribution in [2.45, 2.75) is 18.0 Å². The molecule has 3 heterocycles. The van der Waals surface area contributed by atoms with E-state index in [0.717, 1.165) is 11.0 Å². The number of anilines is 2. The van der Waals surface area contributed by atoms with Crippen LogP contribution < -0.4 is 26.0 Å². The summed E-state index contributed by atoms with van der Waals surface area (Å²) in [6, 6.07) is 9.38. The van der Waals surface area contributed by atoms with E-state index in [2.05, 4.69) is 10.6 Å². The number of carbonyl (C=O) groups is 4. The van der Waals surface area contributed by atoms with E-state index in [-0.39, 0.29) is 23.5 Å². The fourth-order valence-corrected chi connectivity index (χ4v) is 5.35. The van der Waals surface area contributed by atoms with Crippen LogP contribution >= 0.6 is 0 Å². The van der Waals surface area contributed by atoms with E-state index in [1.807, 2.05) is 0 Å². The zero-order chi connectivity index (χ0) is 24.4. The molecule has 34 heavy (non-hydrogen) atoms. The molecule has 12 heteroatoms. The Balaban J connectivity index is 1.69. The first-order chi connectivity index (χ1) is 16.2. The van der Waals surface area contributed by atoms with Crippen LogP contribution in [0.2, 0.25) is 0 Å². The van der Waals surface area contributed by atoms with E-state index in [1.165, 1.54) is 19.2 Å². The summed E-state index contributed by atoms with van der Waals surface area (Å²) < 4.78 is 5.26. The Morgan fingerprint density at radius 2 is 1.94 bits per heavy atom. The molecule has 174 valence electrons. The molecule has 4 amide bonds. The topological polar surface area (TPSA) is 174 Å². The first-order valence-corrected chi connectivity index (χ1v) is 10.4. The number of nitrogens with two attached hydrogens (primary N) is 1. The quantitative estimate of drug-likeness (QED) is 0.323. The molecular weight excluding hydrogens is 446 g/mol. The average Bonchev–Trinajstić information content (AvgIpc) is 3.37. The van der Waals surface area contributed by atoms with Gasteiger partial charge < -0.3 is 15.8 Å². The summed E-state index contributed by atoms with van der Waals surface area (Å²) in [5.41, 5.74) is 4.28. The van der Waals surface area contributed by atoms with Crippen LogP contribution in [-0.4, -0.2) is 41.7 Å². The summed E-state index contributed by atoms with van der Waals surface area (Å²) in [7, 11) is 1.30. The van der Waals surface area contributed by atoms with Crippen LogP contribution in [0.3, 0.4) is 0 Å². The number of methoxy groups -OCH3 is 1. The first kappa shape index (κ1) is 21.5. The lowest BCUT2D eigenvalue weighted by Crippen LogP contribution is -2.53. The number of nitrogens with one attached hydrogen (secondary N) is 2. The Morgan fingerprint density at radius 3 is 2.62 bits per heavy atom. The van der Waals surface area contributed by atoms with Gasteiger partial charge in [-0.2, -0.15) is 0 Å². The van der Waals surface area contributed by atoms with E-state index in [1.54, 1.807) is 24.3 Å². The number of primary amides is 1. The number of hydrogen-bond donors (Lipinski definition) is 3. The lowest BCUT2D eigenvalue weighted by molar-refractivity contribution is -0.384. The second-order valence-electron chi connectivity index (χ2n) is 8.36. The Kier molecular flexibility index (Phi) is 4.65. The van der Waals surface area contributed by atoms with E-state index in [9.17, 15) is 29.3 Å². The van der Waals surface area contributed by atoms with Gasteiger partial charge in [0, 0.05) is 35.8 Å². The minimum Gasteiger partial charge on any atom is -0.495 e. The van der Waals surface area contributed by atoms with E-state index < -0.39 is 52.0 Å². The van der Waals surface area contributed by atoms with Crippen molar-refractivity contribution in [2.75, 3.05) is 17.3 Å². The molecule has 0 unspecified atom stereocenters. The van der Waals surface area contributed by atoms with Crippen molar-refractivity contribution in [2.24, 2.45) is 17.6 Å². The number of fused-ring (bicyclic) bond motifs is 4. The van der Waals surface area contributed by atoms with Crippen molar-refractivity contribution >= 4 is 40.7 Å². The lowest BCUT2D eigenvalue weighted by atomic mass is 9.76. The van der Waals surface area contributed by atoms with Crippen LogP contribution in [0.15, 0.2) is 42.5 Å². The molecule has 2 aromatic rings. The Morgan fingerprint density at radius 1 is 1.21 bits per heavy atom. The van der Waals surface area contributed by atoms with E-state index in [4.69, 9.17) is 10.5 Å². The number of amides is 4. The van der Waals surface area contributed by atoms with Crippen LogP contribution in [0.4, 0.5) is 17.1 Å². The molecule has 3 aliphatic rings. The number of carbonyl (C=O) groups excluding carboxylic acids is 4. The summed E-state index contributed by atoms with van der Waals surface area (Å²) in [5, 5.41) is 17.2. The number of hydrogen-bond acceptors (Lipinski definition) is 8. The number of nitro benzene ring substituents is 1. The van der Waals surface area contributed by atoms with Crippen molar-refractivity contribution in [1.29, 1.82) is 0 Å². The van der Waals surface area contributed by atoms with Gasteiger partial charge in [-0.15, -0.1) is 0 Å². The van der Waals surface area contributed by atoms with Crippen molar-refractivity contribution in [1.82, 2.24) is 5.32 Å². The Bertz CT molecular complexity index is 1290. The standard InChI is InChI=1S/C22H19N5O7/c1-34-15-7-6-10(27(32)33)8-14(15)26-19(29)17-13(9-16(23)28)25-22(18(17)20(26)30)11-4-2-3-5-12(11)24-21(22)31/h2-8,13,17-18,25H,9H2,1H3,(H2,23,28)(H,24,31)/t13-,17+,18-,22+/m0/s1.